The maximum Gasteiger partial charge on any atom is 0.123 e. The zero-order valence-electron chi connectivity index (χ0n) is 16.2. The quantitative estimate of drug-likeness (QED) is 0.438. The number of aliphatic hydroxyl groups excluding tert-OH is 2. The van der Waals surface area contributed by atoms with Crippen molar-refractivity contribution in [3.63, 3.8) is 0 Å². The van der Waals surface area contributed by atoms with E-state index in [9.17, 15) is 15.3 Å². The van der Waals surface area contributed by atoms with Crippen LogP contribution in [0.4, 0.5) is 0 Å². The second kappa shape index (κ2) is 9.22. The average Bonchev–Trinajstić information content (AvgIpc) is 3.22. The van der Waals surface area contributed by atoms with Crippen LogP contribution in [0, 0.1) is 5.92 Å². The van der Waals surface area contributed by atoms with Gasteiger partial charge >= 0.3 is 0 Å². The molecule has 3 aromatic rings. The molecule has 0 amide bonds. The molecular weight excluding hydrogens is 368 g/mol. The van der Waals surface area contributed by atoms with Crippen molar-refractivity contribution in [1.29, 1.82) is 0 Å². The molecule has 3 rings (SSSR count). The molecule has 0 unspecified atom stereocenters. The summed E-state index contributed by atoms with van der Waals surface area (Å²) < 4.78 is 0. The van der Waals surface area contributed by atoms with Gasteiger partial charge in [0.15, 0.2) is 0 Å². The normalized spacial score (nSPS) is 13.3. The minimum absolute atomic E-state index is 0.214. The average molecular weight is 395 g/mol. The summed E-state index contributed by atoms with van der Waals surface area (Å²) in [6.45, 7) is 4.17. The maximum absolute atomic E-state index is 10.7. The number of phenolic OH excluding ortho intramolecular Hbond substituents is 1. The van der Waals surface area contributed by atoms with Crippen molar-refractivity contribution >= 4 is 22.1 Å². The molecule has 0 saturated carbocycles. The summed E-state index contributed by atoms with van der Waals surface area (Å²) in [4.78, 5) is 0.954. The zero-order valence-corrected chi connectivity index (χ0v) is 17.0. The first-order valence-electron chi connectivity index (χ1n) is 9.51. The van der Waals surface area contributed by atoms with Crippen LogP contribution in [0.5, 0.6) is 5.75 Å². The molecule has 4 heteroatoms. The van der Waals surface area contributed by atoms with Crippen LogP contribution in [0.2, 0.25) is 0 Å². The molecule has 0 fully saturated rings. The van der Waals surface area contributed by atoms with Gasteiger partial charge in [0.25, 0.3) is 0 Å². The number of benzene rings is 2. The van der Waals surface area contributed by atoms with Gasteiger partial charge in [-0.15, -0.1) is 17.1 Å². The standard InChI is InChI=1S/C24H26O3S/c1-16(2)17(15-23(27)24-11-6-14-28-24)7-5-10-21(25)20-12-13-22(26)19-9-4-3-8-18(19)20/h3-6,8-9,11-14,16,21,23,25-27H,10,15H2,1-2H3/t7?,21-,23-/m1/s1. The first-order chi connectivity index (χ1) is 13.5. The molecule has 0 aliphatic rings. The molecule has 1 aromatic heterocycles. The summed E-state index contributed by atoms with van der Waals surface area (Å²) in [6.07, 6.45) is 1.59. The van der Waals surface area contributed by atoms with E-state index >= 15 is 0 Å². The van der Waals surface area contributed by atoms with Gasteiger partial charge in [-0.25, -0.2) is 0 Å². The molecule has 0 bridgehead atoms. The Morgan fingerprint density at radius 1 is 1.00 bits per heavy atom. The molecular formula is C24H26O3S. The second-order valence-corrected chi connectivity index (χ2v) is 8.21. The lowest BCUT2D eigenvalue weighted by Gasteiger charge is -2.14. The van der Waals surface area contributed by atoms with E-state index in [0.29, 0.717) is 12.8 Å². The van der Waals surface area contributed by atoms with Crippen LogP contribution >= 0.6 is 11.3 Å². The summed E-state index contributed by atoms with van der Waals surface area (Å²) in [5, 5.41) is 34.7. The third kappa shape index (κ3) is 4.73. The van der Waals surface area contributed by atoms with Crippen molar-refractivity contribution in [2.75, 3.05) is 0 Å². The molecule has 0 spiro atoms. The molecule has 1 heterocycles. The summed E-state index contributed by atoms with van der Waals surface area (Å²) >= 11 is 1.55. The molecule has 3 N–H and O–H groups in total. The SMILES string of the molecule is CC(C)C(=C=CC[C@@H](O)c1ccc(O)c2ccccc12)C[C@@H](O)c1cccs1. The lowest BCUT2D eigenvalue weighted by Crippen LogP contribution is -2.01. The predicted octanol–water partition coefficient (Wildman–Crippen LogP) is 5.89. The number of hydrogen-bond donors (Lipinski definition) is 3. The number of thiophene rings is 1. The minimum Gasteiger partial charge on any atom is -0.507 e. The van der Waals surface area contributed by atoms with E-state index in [1.54, 1.807) is 23.5 Å². The van der Waals surface area contributed by atoms with Crippen molar-refractivity contribution in [3.05, 3.63) is 81.7 Å². The Balaban J connectivity index is 1.78. The first-order valence-corrected chi connectivity index (χ1v) is 10.4. The smallest absolute Gasteiger partial charge is 0.123 e. The van der Waals surface area contributed by atoms with Gasteiger partial charge in [0.05, 0.1) is 12.2 Å². The van der Waals surface area contributed by atoms with Crippen molar-refractivity contribution in [2.45, 2.75) is 38.9 Å². The van der Waals surface area contributed by atoms with E-state index in [2.05, 4.69) is 19.6 Å². The molecule has 2 atom stereocenters. The summed E-state index contributed by atoms with van der Waals surface area (Å²) in [5.41, 5.74) is 5.12. The Hall–Kier alpha value is -2.36. The Bertz CT molecular complexity index is 982. The third-order valence-electron chi connectivity index (χ3n) is 4.90. The monoisotopic (exact) mass is 394 g/mol. The van der Waals surface area contributed by atoms with Crippen molar-refractivity contribution in [1.82, 2.24) is 0 Å². The Labute approximate surface area is 169 Å². The molecule has 3 nitrogen and oxygen atoms in total. The van der Waals surface area contributed by atoms with Gasteiger partial charge in [0.1, 0.15) is 5.75 Å². The van der Waals surface area contributed by atoms with Crippen LogP contribution in [0.1, 0.15) is 49.3 Å². The third-order valence-corrected chi connectivity index (χ3v) is 5.88. The van der Waals surface area contributed by atoms with Crippen LogP contribution in [-0.4, -0.2) is 15.3 Å². The van der Waals surface area contributed by atoms with Gasteiger partial charge in [-0.1, -0.05) is 50.2 Å². The highest BCUT2D eigenvalue weighted by molar-refractivity contribution is 7.10. The van der Waals surface area contributed by atoms with Gasteiger partial charge in [-0.05, 0) is 46.0 Å². The van der Waals surface area contributed by atoms with Crippen molar-refractivity contribution in [3.8, 4) is 5.75 Å². The fourth-order valence-electron chi connectivity index (χ4n) is 3.28. The van der Waals surface area contributed by atoms with E-state index < -0.39 is 12.2 Å². The first kappa shape index (κ1) is 20.4. The molecule has 0 radical (unpaired) electrons. The van der Waals surface area contributed by atoms with E-state index in [-0.39, 0.29) is 11.7 Å². The molecule has 2 aromatic carbocycles. The largest absolute Gasteiger partial charge is 0.507 e. The Kier molecular flexibility index (Phi) is 6.71. The zero-order chi connectivity index (χ0) is 20.1. The van der Waals surface area contributed by atoms with Crippen LogP contribution < -0.4 is 0 Å². The van der Waals surface area contributed by atoms with E-state index in [4.69, 9.17) is 0 Å². The molecule has 0 aliphatic heterocycles. The summed E-state index contributed by atoms with van der Waals surface area (Å²) in [6, 6.07) is 14.8. The highest BCUT2D eigenvalue weighted by atomic mass is 32.1. The molecule has 0 aliphatic carbocycles. The minimum atomic E-state index is -0.686. The van der Waals surface area contributed by atoms with Crippen molar-refractivity contribution in [2.24, 2.45) is 5.92 Å². The van der Waals surface area contributed by atoms with Crippen molar-refractivity contribution < 1.29 is 15.3 Å². The highest BCUT2D eigenvalue weighted by Gasteiger charge is 2.14. The van der Waals surface area contributed by atoms with Gasteiger partial charge < -0.3 is 15.3 Å². The second-order valence-electron chi connectivity index (χ2n) is 7.23. The number of phenols is 1. The van der Waals surface area contributed by atoms with E-state index in [1.165, 1.54) is 0 Å². The van der Waals surface area contributed by atoms with Gasteiger partial charge in [0, 0.05) is 23.1 Å². The van der Waals surface area contributed by atoms with E-state index in [1.807, 2.05) is 47.9 Å². The topological polar surface area (TPSA) is 60.7 Å². The Morgan fingerprint density at radius 3 is 2.43 bits per heavy atom. The van der Waals surface area contributed by atoms with Crippen LogP contribution in [0.25, 0.3) is 10.8 Å². The predicted molar refractivity (Wildman–Crippen MR) is 116 cm³/mol. The van der Waals surface area contributed by atoms with Gasteiger partial charge in [-0.3, -0.25) is 0 Å². The van der Waals surface area contributed by atoms with E-state index in [0.717, 1.165) is 26.8 Å². The van der Waals surface area contributed by atoms with Crippen LogP contribution in [0.15, 0.2) is 71.3 Å². The number of fused-ring (bicyclic) bond motifs is 1. The molecule has 146 valence electrons. The summed E-state index contributed by atoms with van der Waals surface area (Å²) in [5.74, 6) is 0.476. The lowest BCUT2D eigenvalue weighted by molar-refractivity contribution is 0.179. The van der Waals surface area contributed by atoms with Crippen LogP contribution in [-0.2, 0) is 0 Å². The number of rotatable bonds is 7. The lowest BCUT2D eigenvalue weighted by atomic mass is 9.96. The van der Waals surface area contributed by atoms with Crippen LogP contribution in [0.3, 0.4) is 0 Å². The molecule has 28 heavy (non-hydrogen) atoms. The summed E-state index contributed by atoms with van der Waals surface area (Å²) in [7, 11) is 0. The number of aromatic hydroxyl groups is 1. The fourth-order valence-corrected chi connectivity index (χ4v) is 3.99. The maximum atomic E-state index is 10.7. The highest BCUT2D eigenvalue weighted by Crippen LogP contribution is 2.32. The van der Waals surface area contributed by atoms with Gasteiger partial charge in [0.2, 0.25) is 0 Å². The number of hydrogen-bond acceptors (Lipinski definition) is 4. The number of aliphatic hydroxyl groups is 2. The fraction of sp³-hybridized carbons (Fsp3) is 0.292. The van der Waals surface area contributed by atoms with Gasteiger partial charge in [-0.2, -0.15) is 0 Å². The Morgan fingerprint density at radius 2 is 1.75 bits per heavy atom. The molecule has 0 saturated heterocycles.